The lowest BCUT2D eigenvalue weighted by atomic mass is 10.1. The Morgan fingerprint density at radius 2 is 1.67 bits per heavy atom. The summed E-state index contributed by atoms with van der Waals surface area (Å²) in [5.41, 5.74) is -3.01. The average molecular weight is 216 g/mol. The van der Waals surface area contributed by atoms with Gasteiger partial charge in [0.05, 0.1) is 15.9 Å². The molecular formula is C6HFN2O6. The van der Waals surface area contributed by atoms with Gasteiger partial charge >= 0.3 is 17.2 Å². The van der Waals surface area contributed by atoms with Crippen molar-refractivity contribution in [2.45, 2.75) is 0 Å². The molecule has 0 aromatic carbocycles. The average Bonchev–Trinajstić information content (AvgIpc) is 2.10. The molecule has 0 bridgehead atoms. The minimum Gasteiger partial charge on any atom is -0.286 e. The van der Waals surface area contributed by atoms with Crippen LogP contribution in [0.1, 0.15) is 0 Å². The van der Waals surface area contributed by atoms with Gasteiger partial charge in [0.2, 0.25) is 5.78 Å². The smallest absolute Gasteiger partial charge is 0.286 e. The zero-order valence-electron chi connectivity index (χ0n) is 6.80. The van der Waals surface area contributed by atoms with Gasteiger partial charge in [-0.25, -0.2) is 0 Å². The summed E-state index contributed by atoms with van der Waals surface area (Å²) < 4.78 is 12.8. The van der Waals surface area contributed by atoms with Gasteiger partial charge in [-0.2, -0.15) is 4.39 Å². The maximum atomic E-state index is 12.8. The molecule has 78 valence electrons. The molecule has 0 spiro atoms. The number of rotatable bonds is 2. The van der Waals surface area contributed by atoms with Crippen molar-refractivity contribution in [3.05, 3.63) is 43.5 Å². The Morgan fingerprint density at radius 1 is 1.13 bits per heavy atom. The first-order valence-corrected chi connectivity index (χ1v) is 3.35. The van der Waals surface area contributed by atoms with Crippen molar-refractivity contribution in [1.82, 2.24) is 0 Å². The normalized spacial score (nSPS) is 16.5. The van der Waals surface area contributed by atoms with Crippen molar-refractivity contribution in [2.75, 3.05) is 0 Å². The molecule has 1 rings (SSSR count). The lowest BCUT2D eigenvalue weighted by molar-refractivity contribution is -0.435. The largest absolute Gasteiger partial charge is 0.362 e. The highest BCUT2D eigenvalue weighted by molar-refractivity contribution is 6.19. The highest BCUT2D eigenvalue weighted by atomic mass is 19.1. The summed E-state index contributed by atoms with van der Waals surface area (Å²) in [6.07, 6.45) is 0.116. The van der Waals surface area contributed by atoms with Gasteiger partial charge in [0.25, 0.3) is 5.83 Å². The first-order valence-electron chi connectivity index (χ1n) is 3.35. The Labute approximate surface area is 80.0 Å². The number of nitrogens with zero attached hydrogens (tertiary/aromatic N) is 2. The quantitative estimate of drug-likeness (QED) is 0.356. The predicted molar refractivity (Wildman–Crippen MR) is 40.2 cm³/mol. The Bertz CT molecular complexity index is 462. The van der Waals surface area contributed by atoms with Gasteiger partial charge in [0.15, 0.2) is 0 Å². The molecule has 0 radical (unpaired) electrons. The first kappa shape index (κ1) is 10.6. The van der Waals surface area contributed by atoms with Crippen molar-refractivity contribution in [2.24, 2.45) is 0 Å². The molecule has 1 aliphatic carbocycles. The van der Waals surface area contributed by atoms with E-state index in [2.05, 4.69) is 0 Å². The minimum atomic E-state index is -1.89. The molecule has 0 aromatic rings. The van der Waals surface area contributed by atoms with Gasteiger partial charge in [-0.05, 0) is 0 Å². The maximum Gasteiger partial charge on any atom is 0.362 e. The highest BCUT2D eigenvalue weighted by Gasteiger charge is 2.44. The van der Waals surface area contributed by atoms with E-state index < -0.39 is 38.6 Å². The van der Waals surface area contributed by atoms with E-state index >= 15 is 0 Å². The Hall–Kier alpha value is -2.45. The summed E-state index contributed by atoms with van der Waals surface area (Å²) >= 11 is 0. The van der Waals surface area contributed by atoms with Crippen molar-refractivity contribution < 1.29 is 23.8 Å². The van der Waals surface area contributed by atoms with Crippen molar-refractivity contribution in [3.63, 3.8) is 0 Å². The molecule has 0 aliphatic heterocycles. The van der Waals surface area contributed by atoms with Crippen LogP contribution in [0.25, 0.3) is 0 Å². The summed E-state index contributed by atoms with van der Waals surface area (Å²) in [6.45, 7) is 0. The standard InChI is InChI=1S/C6HFN2O6/c7-4-3(10)1-2(8(12)13)6(11)5(4)9(14)15/h1H. The van der Waals surface area contributed by atoms with Crippen LogP contribution in [-0.2, 0) is 9.59 Å². The van der Waals surface area contributed by atoms with Crippen LogP contribution < -0.4 is 0 Å². The van der Waals surface area contributed by atoms with E-state index in [-0.39, 0.29) is 6.08 Å². The molecule has 0 saturated heterocycles. The van der Waals surface area contributed by atoms with E-state index in [4.69, 9.17) is 0 Å². The lowest BCUT2D eigenvalue weighted by Gasteiger charge is -2.01. The maximum absolute atomic E-state index is 12.8. The molecule has 1 aliphatic rings. The molecule has 8 nitrogen and oxygen atoms in total. The number of carbonyl (C=O) groups is 2. The number of Topliss-reactive ketones (excluding diaryl/α,β-unsaturated/α-hetero) is 1. The summed E-state index contributed by atoms with van der Waals surface area (Å²) in [7, 11) is 0. The monoisotopic (exact) mass is 216 g/mol. The fraction of sp³-hybridized carbons (Fsp3) is 0. The van der Waals surface area contributed by atoms with Gasteiger partial charge in [-0.1, -0.05) is 0 Å². The first-order chi connectivity index (χ1) is 6.86. The SMILES string of the molecule is O=C1C=C([N+](=O)[O-])C(=O)C([N+](=O)[O-])=C1F. The van der Waals surface area contributed by atoms with E-state index in [9.17, 15) is 34.2 Å². The second-order valence-corrected chi connectivity index (χ2v) is 2.40. The molecule has 0 N–H and O–H groups in total. The third kappa shape index (κ3) is 1.61. The number of hydrogen-bond donors (Lipinski definition) is 0. The Kier molecular flexibility index (Phi) is 2.38. The molecule has 0 amide bonds. The molecular weight excluding hydrogens is 215 g/mol. The fourth-order valence-corrected chi connectivity index (χ4v) is 0.889. The molecule has 0 saturated carbocycles. The number of ketones is 2. The molecule has 0 unspecified atom stereocenters. The molecule has 0 fully saturated rings. The predicted octanol–water partition coefficient (Wildman–Crippen LogP) is -0.243. The summed E-state index contributed by atoms with van der Waals surface area (Å²) in [5, 5.41) is 20.4. The number of hydrogen-bond acceptors (Lipinski definition) is 6. The zero-order chi connectivity index (χ0) is 11.7. The van der Waals surface area contributed by atoms with Crippen LogP contribution in [-0.4, -0.2) is 21.4 Å². The number of halogens is 1. The molecule has 0 aromatic heterocycles. The van der Waals surface area contributed by atoms with E-state index in [1.807, 2.05) is 0 Å². The Morgan fingerprint density at radius 3 is 2.07 bits per heavy atom. The van der Waals surface area contributed by atoms with Crippen LogP contribution in [0.15, 0.2) is 23.3 Å². The molecule has 0 heterocycles. The van der Waals surface area contributed by atoms with E-state index in [1.54, 1.807) is 0 Å². The van der Waals surface area contributed by atoms with E-state index in [0.29, 0.717) is 0 Å². The third-order valence-corrected chi connectivity index (χ3v) is 1.52. The van der Waals surface area contributed by atoms with Crippen molar-refractivity contribution in [1.29, 1.82) is 0 Å². The van der Waals surface area contributed by atoms with Gasteiger partial charge < -0.3 is 0 Å². The fourth-order valence-electron chi connectivity index (χ4n) is 0.889. The third-order valence-electron chi connectivity index (χ3n) is 1.52. The van der Waals surface area contributed by atoms with Crippen molar-refractivity contribution in [3.8, 4) is 0 Å². The second kappa shape index (κ2) is 3.36. The summed E-state index contributed by atoms with van der Waals surface area (Å²) in [6, 6.07) is 0. The van der Waals surface area contributed by atoms with Crippen LogP contribution in [0.4, 0.5) is 4.39 Å². The number of allylic oxidation sites excluding steroid dienone is 2. The number of carbonyl (C=O) groups excluding carboxylic acids is 2. The second-order valence-electron chi connectivity index (χ2n) is 2.40. The van der Waals surface area contributed by atoms with Crippen LogP contribution in [0.5, 0.6) is 0 Å². The van der Waals surface area contributed by atoms with Gasteiger partial charge in [0.1, 0.15) is 0 Å². The van der Waals surface area contributed by atoms with E-state index in [0.717, 1.165) is 0 Å². The minimum absolute atomic E-state index is 0.116. The number of nitro groups is 2. The van der Waals surface area contributed by atoms with E-state index in [1.165, 1.54) is 0 Å². The molecule has 9 heteroatoms. The van der Waals surface area contributed by atoms with Gasteiger partial charge in [-0.3, -0.25) is 29.8 Å². The molecule has 0 atom stereocenters. The molecule has 15 heavy (non-hydrogen) atoms. The zero-order valence-corrected chi connectivity index (χ0v) is 6.80. The van der Waals surface area contributed by atoms with Crippen LogP contribution in [0.3, 0.4) is 0 Å². The van der Waals surface area contributed by atoms with Gasteiger partial charge in [0, 0.05) is 0 Å². The lowest BCUT2D eigenvalue weighted by Crippen LogP contribution is -2.26. The van der Waals surface area contributed by atoms with Crippen LogP contribution >= 0.6 is 0 Å². The summed E-state index contributed by atoms with van der Waals surface area (Å²) in [5.74, 6) is -5.18. The van der Waals surface area contributed by atoms with Gasteiger partial charge in [-0.15, -0.1) is 0 Å². The topological polar surface area (TPSA) is 120 Å². The Balaban J connectivity index is 3.36. The van der Waals surface area contributed by atoms with Crippen LogP contribution in [0.2, 0.25) is 0 Å². The highest BCUT2D eigenvalue weighted by Crippen LogP contribution is 2.20. The summed E-state index contributed by atoms with van der Waals surface area (Å²) in [4.78, 5) is 39.3. The van der Waals surface area contributed by atoms with Crippen molar-refractivity contribution >= 4 is 11.6 Å². The van der Waals surface area contributed by atoms with Crippen LogP contribution in [0, 0.1) is 20.2 Å².